The number of halogens is 3. The Morgan fingerprint density at radius 1 is 1.46 bits per heavy atom. The van der Waals surface area contributed by atoms with Crippen LogP contribution in [0.15, 0.2) is 12.7 Å². The first kappa shape index (κ1) is 10.0. The molecule has 13 heavy (non-hydrogen) atoms. The van der Waals surface area contributed by atoms with Crippen LogP contribution in [0.1, 0.15) is 13.3 Å². The molecule has 3 nitrogen and oxygen atoms in total. The Morgan fingerprint density at radius 2 is 2.15 bits per heavy atom. The SMILES string of the molecule is CCC(Cn1cncn1)C(F)(F)F. The summed E-state index contributed by atoms with van der Waals surface area (Å²) in [6, 6.07) is 0. The van der Waals surface area contributed by atoms with Crippen LogP contribution in [-0.4, -0.2) is 20.9 Å². The number of aromatic nitrogens is 3. The van der Waals surface area contributed by atoms with Crippen molar-refractivity contribution >= 4 is 0 Å². The lowest BCUT2D eigenvalue weighted by Gasteiger charge is -2.17. The smallest absolute Gasteiger partial charge is 0.252 e. The molecule has 0 saturated carbocycles. The van der Waals surface area contributed by atoms with Crippen LogP contribution in [0.25, 0.3) is 0 Å². The van der Waals surface area contributed by atoms with Crippen LogP contribution in [0.5, 0.6) is 0 Å². The molecule has 1 rings (SSSR count). The van der Waals surface area contributed by atoms with Crippen LogP contribution >= 0.6 is 0 Å². The Bertz CT molecular complexity index is 242. The average molecular weight is 193 g/mol. The van der Waals surface area contributed by atoms with E-state index in [9.17, 15) is 13.2 Å². The van der Waals surface area contributed by atoms with Crippen LogP contribution in [-0.2, 0) is 6.54 Å². The van der Waals surface area contributed by atoms with E-state index in [1.807, 2.05) is 0 Å². The van der Waals surface area contributed by atoms with Gasteiger partial charge in [-0.1, -0.05) is 6.92 Å². The highest BCUT2D eigenvalue weighted by Crippen LogP contribution is 2.29. The molecule has 0 aromatic carbocycles. The van der Waals surface area contributed by atoms with Gasteiger partial charge < -0.3 is 0 Å². The molecule has 0 aliphatic rings. The molecule has 1 aromatic heterocycles. The summed E-state index contributed by atoms with van der Waals surface area (Å²) in [5.74, 6) is -1.34. The van der Waals surface area contributed by atoms with Gasteiger partial charge in [0.05, 0.1) is 12.5 Å². The third kappa shape index (κ3) is 2.71. The van der Waals surface area contributed by atoms with Gasteiger partial charge in [-0.3, -0.25) is 4.68 Å². The Kier molecular flexibility index (Phi) is 2.90. The highest BCUT2D eigenvalue weighted by molar-refractivity contribution is 4.67. The lowest BCUT2D eigenvalue weighted by atomic mass is 10.1. The minimum absolute atomic E-state index is 0.0589. The quantitative estimate of drug-likeness (QED) is 0.733. The normalized spacial score (nSPS) is 14.5. The van der Waals surface area contributed by atoms with Gasteiger partial charge in [-0.05, 0) is 6.42 Å². The maximum absolute atomic E-state index is 12.3. The van der Waals surface area contributed by atoms with Crippen molar-refractivity contribution in [1.29, 1.82) is 0 Å². The number of hydrogen-bond donors (Lipinski definition) is 0. The summed E-state index contributed by atoms with van der Waals surface area (Å²) in [7, 11) is 0. The lowest BCUT2D eigenvalue weighted by molar-refractivity contribution is -0.179. The largest absolute Gasteiger partial charge is 0.393 e. The van der Waals surface area contributed by atoms with Gasteiger partial charge >= 0.3 is 6.18 Å². The van der Waals surface area contributed by atoms with Crippen LogP contribution in [0.4, 0.5) is 13.2 Å². The number of hydrogen-bond acceptors (Lipinski definition) is 2. The molecule has 0 saturated heterocycles. The average Bonchev–Trinajstić information content (AvgIpc) is 2.49. The van der Waals surface area contributed by atoms with E-state index in [0.717, 1.165) is 0 Å². The number of rotatable bonds is 3. The molecular weight excluding hydrogens is 183 g/mol. The van der Waals surface area contributed by atoms with Crippen molar-refractivity contribution in [2.75, 3.05) is 0 Å². The van der Waals surface area contributed by atoms with Crippen molar-refractivity contribution in [3.63, 3.8) is 0 Å². The summed E-state index contributed by atoms with van der Waals surface area (Å²) in [6.45, 7) is 1.36. The summed E-state index contributed by atoms with van der Waals surface area (Å²) in [4.78, 5) is 3.58. The topological polar surface area (TPSA) is 30.7 Å². The third-order valence-corrected chi connectivity index (χ3v) is 1.83. The Morgan fingerprint density at radius 3 is 2.54 bits per heavy atom. The molecule has 1 atom stereocenters. The molecule has 0 aliphatic heterocycles. The van der Waals surface area contributed by atoms with Gasteiger partial charge in [-0.15, -0.1) is 0 Å². The Balaban J connectivity index is 2.60. The predicted octanol–water partition coefficient (Wildman–Crippen LogP) is 1.87. The molecule has 0 spiro atoms. The lowest BCUT2D eigenvalue weighted by Crippen LogP contribution is -2.26. The van der Waals surface area contributed by atoms with Crippen molar-refractivity contribution in [2.24, 2.45) is 5.92 Å². The fourth-order valence-electron chi connectivity index (χ4n) is 1.02. The molecule has 0 amide bonds. The molecule has 1 unspecified atom stereocenters. The van der Waals surface area contributed by atoms with Crippen molar-refractivity contribution in [3.05, 3.63) is 12.7 Å². The molecule has 1 aromatic rings. The van der Waals surface area contributed by atoms with Crippen LogP contribution in [0.3, 0.4) is 0 Å². The maximum Gasteiger partial charge on any atom is 0.393 e. The second kappa shape index (κ2) is 3.76. The van der Waals surface area contributed by atoms with Gasteiger partial charge in [0.15, 0.2) is 0 Å². The van der Waals surface area contributed by atoms with Crippen molar-refractivity contribution in [1.82, 2.24) is 14.8 Å². The highest BCUT2D eigenvalue weighted by atomic mass is 19.4. The number of alkyl halides is 3. The highest BCUT2D eigenvalue weighted by Gasteiger charge is 2.38. The van der Waals surface area contributed by atoms with Gasteiger partial charge in [-0.2, -0.15) is 18.3 Å². The molecule has 0 aliphatic carbocycles. The second-order valence-corrected chi connectivity index (χ2v) is 2.76. The summed E-state index contributed by atoms with van der Waals surface area (Å²) in [6.07, 6.45) is -1.58. The summed E-state index contributed by atoms with van der Waals surface area (Å²) in [5.41, 5.74) is 0. The minimum Gasteiger partial charge on any atom is -0.252 e. The summed E-state index contributed by atoms with van der Waals surface area (Å²) >= 11 is 0. The standard InChI is InChI=1S/C7H10F3N3/c1-2-6(7(8,9)10)3-13-5-11-4-12-13/h4-6H,2-3H2,1H3. The molecule has 74 valence electrons. The summed E-state index contributed by atoms with van der Waals surface area (Å²) < 4.78 is 37.9. The Labute approximate surface area is 73.6 Å². The molecule has 6 heteroatoms. The van der Waals surface area contributed by atoms with E-state index in [0.29, 0.717) is 0 Å². The fraction of sp³-hybridized carbons (Fsp3) is 0.714. The third-order valence-electron chi connectivity index (χ3n) is 1.83. The first-order valence-electron chi connectivity index (χ1n) is 3.93. The van der Waals surface area contributed by atoms with Crippen LogP contribution in [0, 0.1) is 5.92 Å². The Hall–Kier alpha value is -1.07. The molecule has 1 heterocycles. The zero-order valence-corrected chi connectivity index (χ0v) is 7.12. The first-order chi connectivity index (χ1) is 6.04. The molecule has 0 fully saturated rings. The predicted molar refractivity (Wildman–Crippen MR) is 39.9 cm³/mol. The van der Waals surface area contributed by atoms with Gasteiger partial charge in [0.25, 0.3) is 0 Å². The maximum atomic E-state index is 12.3. The monoisotopic (exact) mass is 193 g/mol. The first-order valence-corrected chi connectivity index (χ1v) is 3.93. The van der Waals surface area contributed by atoms with E-state index in [1.54, 1.807) is 0 Å². The van der Waals surface area contributed by atoms with E-state index >= 15 is 0 Å². The molecular formula is C7H10F3N3. The zero-order valence-electron chi connectivity index (χ0n) is 7.12. The van der Waals surface area contributed by atoms with Crippen LogP contribution in [0.2, 0.25) is 0 Å². The molecule has 0 N–H and O–H groups in total. The summed E-state index contributed by atoms with van der Waals surface area (Å²) in [5, 5.41) is 3.62. The van der Waals surface area contributed by atoms with E-state index in [2.05, 4.69) is 10.1 Å². The van der Waals surface area contributed by atoms with Gasteiger partial charge in [0, 0.05) is 0 Å². The minimum atomic E-state index is -4.15. The van der Waals surface area contributed by atoms with Crippen LogP contribution < -0.4 is 0 Å². The zero-order chi connectivity index (χ0) is 9.90. The number of nitrogens with zero attached hydrogens (tertiary/aromatic N) is 3. The van der Waals surface area contributed by atoms with E-state index in [1.165, 1.54) is 24.3 Å². The van der Waals surface area contributed by atoms with E-state index in [-0.39, 0.29) is 13.0 Å². The van der Waals surface area contributed by atoms with Crippen molar-refractivity contribution < 1.29 is 13.2 Å². The second-order valence-electron chi connectivity index (χ2n) is 2.76. The fourth-order valence-corrected chi connectivity index (χ4v) is 1.02. The van der Waals surface area contributed by atoms with E-state index in [4.69, 9.17) is 0 Å². The van der Waals surface area contributed by atoms with Gasteiger partial charge in [0.1, 0.15) is 12.7 Å². The van der Waals surface area contributed by atoms with Gasteiger partial charge in [-0.25, -0.2) is 4.98 Å². The van der Waals surface area contributed by atoms with Gasteiger partial charge in [0.2, 0.25) is 0 Å². The van der Waals surface area contributed by atoms with Crippen molar-refractivity contribution in [2.45, 2.75) is 26.1 Å². The molecule has 0 radical (unpaired) electrons. The van der Waals surface area contributed by atoms with Crippen molar-refractivity contribution in [3.8, 4) is 0 Å². The van der Waals surface area contributed by atoms with E-state index < -0.39 is 12.1 Å². The molecule has 0 bridgehead atoms.